The Hall–Kier alpha value is -2.77. The van der Waals surface area contributed by atoms with Gasteiger partial charge in [-0.25, -0.2) is 0 Å². The van der Waals surface area contributed by atoms with Crippen LogP contribution in [-0.2, 0) is 11.2 Å². The molecular weight excluding hydrogens is 390 g/mol. The van der Waals surface area contributed by atoms with E-state index >= 15 is 0 Å². The Kier molecular flexibility index (Phi) is 7.32. The molecule has 1 fully saturated rings. The zero-order valence-corrected chi connectivity index (χ0v) is 16.9. The minimum Gasteiger partial charge on any atom is -0.491 e. The first kappa shape index (κ1) is 21.0. The van der Waals surface area contributed by atoms with Crippen molar-refractivity contribution in [3.8, 4) is 11.5 Å². The zero-order chi connectivity index (χ0) is 20.6. The Morgan fingerprint density at radius 2 is 1.79 bits per heavy atom. The highest BCUT2D eigenvalue weighted by molar-refractivity contribution is 8.18. The smallest absolute Gasteiger partial charge is 0.290 e. The lowest BCUT2D eigenvalue weighted by Gasteiger charge is -2.15. The zero-order valence-electron chi connectivity index (χ0n) is 16.1. The number of hydrogen-bond donors (Lipinski definition) is 2. The molecule has 7 heteroatoms. The molecule has 2 amide bonds. The Morgan fingerprint density at radius 3 is 2.48 bits per heavy atom. The minimum absolute atomic E-state index is 0.100. The maximum atomic E-state index is 11.6. The van der Waals surface area contributed by atoms with Gasteiger partial charge in [-0.2, -0.15) is 0 Å². The summed E-state index contributed by atoms with van der Waals surface area (Å²) < 4.78 is 11.4. The average molecular weight is 413 g/mol. The number of ether oxygens (including phenoxy) is 2. The van der Waals surface area contributed by atoms with Gasteiger partial charge in [0.05, 0.1) is 4.91 Å². The van der Waals surface area contributed by atoms with Crippen molar-refractivity contribution in [3.63, 3.8) is 0 Å². The summed E-state index contributed by atoms with van der Waals surface area (Å²) in [6.07, 6.45) is 2.83. The molecule has 2 aromatic carbocycles. The van der Waals surface area contributed by atoms with Crippen molar-refractivity contribution in [2.75, 3.05) is 13.2 Å². The highest BCUT2D eigenvalue weighted by atomic mass is 32.2. The standard InChI is InChI=1S/C22H23NO5S/c1-2-5-16-6-3-4-7-19(16)28-14-17(24)13-27-18-10-8-15(9-11-18)12-20-21(25)23-22(26)29-20/h3-4,6-12,17,24H,2,5,13-14H2,1H3,(H,23,25,26)/t17-/m0/s1. The number of amides is 2. The molecule has 0 radical (unpaired) electrons. The maximum Gasteiger partial charge on any atom is 0.290 e. The molecule has 1 atom stereocenters. The molecule has 1 saturated heterocycles. The van der Waals surface area contributed by atoms with E-state index in [2.05, 4.69) is 12.2 Å². The predicted octanol–water partition coefficient (Wildman–Crippen LogP) is 3.78. The van der Waals surface area contributed by atoms with E-state index in [0.29, 0.717) is 10.7 Å². The molecule has 0 bridgehead atoms. The number of aryl methyl sites for hydroxylation is 1. The van der Waals surface area contributed by atoms with E-state index in [4.69, 9.17) is 9.47 Å². The SMILES string of the molecule is CCCc1ccccc1OC[C@@H](O)COc1ccc(C=C2SC(=O)NC2=O)cc1. The monoisotopic (exact) mass is 413 g/mol. The van der Waals surface area contributed by atoms with Crippen molar-refractivity contribution < 1.29 is 24.2 Å². The Labute approximate surface area is 173 Å². The first-order chi connectivity index (χ1) is 14.0. The van der Waals surface area contributed by atoms with Crippen LogP contribution in [0.25, 0.3) is 6.08 Å². The van der Waals surface area contributed by atoms with Crippen LogP contribution in [0.2, 0.25) is 0 Å². The van der Waals surface area contributed by atoms with E-state index in [1.807, 2.05) is 24.3 Å². The van der Waals surface area contributed by atoms with Crippen LogP contribution in [0.15, 0.2) is 53.4 Å². The molecule has 2 aromatic rings. The van der Waals surface area contributed by atoms with Crippen LogP contribution in [0, 0.1) is 0 Å². The van der Waals surface area contributed by atoms with Crippen LogP contribution < -0.4 is 14.8 Å². The minimum atomic E-state index is -0.768. The molecule has 152 valence electrons. The second-order valence-corrected chi connectivity index (χ2v) is 7.57. The molecule has 29 heavy (non-hydrogen) atoms. The number of imide groups is 1. The molecule has 0 aromatic heterocycles. The van der Waals surface area contributed by atoms with Crippen molar-refractivity contribution in [2.24, 2.45) is 0 Å². The molecular formula is C22H23NO5S. The summed E-state index contributed by atoms with van der Waals surface area (Å²) in [6, 6.07) is 14.9. The van der Waals surface area contributed by atoms with Crippen molar-refractivity contribution in [1.82, 2.24) is 5.32 Å². The Balaban J connectivity index is 1.48. The third-order valence-corrected chi connectivity index (χ3v) is 5.00. The van der Waals surface area contributed by atoms with Gasteiger partial charge in [0.25, 0.3) is 11.1 Å². The van der Waals surface area contributed by atoms with Gasteiger partial charge < -0.3 is 14.6 Å². The maximum absolute atomic E-state index is 11.6. The van der Waals surface area contributed by atoms with Gasteiger partial charge in [-0.15, -0.1) is 0 Å². The normalized spacial score (nSPS) is 16.0. The molecule has 1 aliphatic rings. The third-order valence-electron chi connectivity index (χ3n) is 4.19. The van der Waals surface area contributed by atoms with Crippen LogP contribution in [0.5, 0.6) is 11.5 Å². The van der Waals surface area contributed by atoms with Gasteiger partial charge >= 0.3 is 0 Å². The molecule has 0 spiro atoms. The fourth-order valence-corrected chi connectivity index (χ4v) is 3.46. The highest BCUT2D eigenvalue weighted by Crippen LogP contribution is 2.26. The fraction of sp³-hybridized carbons (Fsp3) is 0.273. The van der Waals surface area contributed by atoms with Gasteiger partial charge in [0.1, 0.15) is 30.8 Å². The van der Waals surface area contributed by atoms with Gasteiger partial charge in [0.15, 0.2) is 0 Å². The number of nitrogens with one attached hydrogen (secondary N) is 1. The molecule has 1 aliphatic heterocycles. The fourth-order valence-electron chi connectivity index (χ4n) is 2.78. The molecule has 0 unspecified atom stereocenters. The van der Waals surface area contributed by atoms with Gasteiger partial charge in [-0.3, -0.25) is 14.9 Å². The van der Waals surface area contributed by atoms with Crippen LogP contribution in [-0.4, -0.2) is 35.6 Å². The average Bonchev–Trinajstić information content (AvgIpc) is 3.03. The summed E-state index contributed by atoms with van der Waals surface area (Å²) in [5.41, 5.74) is 1.91. The molecule has 3 rings (SSSR count). The van der Waals surface area contributed by atoms with E-state index in [-0.39, 0.29) is 24.4 Å². The first-order valence-corrected chi connectivity index (χ1v) is 10.2. The van der Waals surface area contributed by atoms with Crippen LogP contribution in [0.3, 0.4) is 0 Å². The molecule has 0 aliphatic carbocycles. The Bertz CT molecular complexity index is 894. The second kappa shape index (κ2) is 10.1. The quantitative estimate of drug-likeness (QED) is 0.609. The van der Waals surface area contributed by atoms with Crippen LogP contribution >= 0.6 is 11.8 Å². The summed E-state index contributed by atoms with van der Waals surface area (Å²) in [4.78, 5) is 23.1. The van der Waals surface area contributed by atoms with Crippen molar-refractivity contribution >= 4 is 29.0 Å². The number of thioether (sulfide) groups is 1. The number of rotatable bonds is 9. The van der Waals surface area contributed by atoms with Crippen molar-refractivity contribution in [2.45, 2.75) is 25.9 Å². The Morgan fingerprint density at radius 1 is 1.07 bits per heavy atom. The van der Waals surface area contributed by atoms with E-state index in [0.717, 1.165) is 41.5 Å². The van der Waals surface area contributed by atoms with E-state index < -0.39 is 6.10 Å². The lowest BCUT2D eigenvalue weighted by molar-refractivity contribution is -0.115. The number of benzene rings is 2. The topological polar surface area (TPSA) is 84.9 Å². The predicted molar refractivity (Wildman–Crippen MR) is 113 cm³/mol. The lowest BCUT2D eigenvalue weighted by atomic mass is 10.1. The number of aliphatic hydroxyl groups excluding tert-OH is 1. The van der Waals surface area contributed by atoms with Gasteiger partial charge in [-0.1, -0.05) is 43.7 Å². The van der Waals surface area contributed by atoms with Gasteiger partial charge in [-0.05, 0) is 53.6 Å². The molecule has 0 saturated carbocycles. The third kappa shape index (κ3) is 6.10. The summed E-state index contributed by atoms with van der Waals surface area (Å²) in [5.74, 6) is 0.999. The number of para-hydroxylation sites is 1. The molecule has 6 nitrogen and oxygen atoms in total. The van der Waals surface area contributed by atoms with E-state index in [1.54, 1.807) is 30.3 Å². The summed E-state index contributed by atoms with van der Waals surface area (Å²) >= 11 is 0.878. The second-order valence-electron chi connectivity index (χ2n) is 6.55. The van der Waals surface area contributed by atoms with Gasteiger partial charge in [0.2, 0.25) is 0 Å². The summed E-state index contributed by atoms with van der Waals surface area (Å²) in [6.45, 7) is 2.36. The molecule has 2 N–H and O–H groups in total. The molecule has 1 heterocycles. The van der Waals surface area contributed by atoms with Gasteiger partial charge in [0, 0.05) is 0 Å². The van der Waals surface area contributed by atoms with Crippen molar-refractivity contribution in [3.05, 3.63) is 64.6 Å². The highest BCUT2D eigenvalue weighted by Gasteiger charge is 2.24. The summed E-state index contributed by atoms with van der Waals surface area (Å²) in [5, 5.41) is 12.0. The van der Waals surface area contributed by atoms with E-state index in [9.17, 15) is 14.7 Å². The number of carbonyl (C=O) groups excluding carboxylic acids is 2. The van der Waals surface area contributed by atoms with Crippen LogP contribution in [0.1, 0.15) is 24.5 Å². The number of hydrogen-bond acceptors (Lipinski definition) is 6. The number of carbonyl (C=O) groups is 2. The largest absolute Gasteiger partial charge is 0.491 e. The van der Waals surface area contributed by atoms with Crippen molar-refractivity contribution in [1.29, 1.82) is 0 Å². The van der Waals surface area contributed by atoms with Crippen LogP contribution in [0.4, 0.5) is 4.79 Å². The number of aliphatic hydroxyl groups is 1. The van der Waals surface area contributed by atoms with E-state index in [1.165, 1.54) is 0 Å². The lowest BCUT2D eigenvalue weighted by Crippen LogP contribution is -2.25. The first-order valence-electron chi connectivity index (χ1n) is 9.41. The summed E-state index contributed by atoms with van der Waals surface area (Å²) in [7, 11) is 0.